The van der Waals surface area contributed by atoms with Crippen LogP contribution in [0, 0.1) is 0 Å². The van der Waals surface area contributed by atoms with E-state index in [0.29, 0.717) is 16.5 Å². The van der Waals surface area contributed by atoms with Gasteiger partial charge in [-0.05, 0) is 26.3 Å². The Morgan fingerprint density at radius 2 is 2.10 bits per heavy atom. The van der Waals surface area contributed by atoms with E-state index in [1.54, 1.807) is 0 Å². The van der Waals surface area contributed by atoms with Gasteiger partial charge < -0.3 is 5.32 Å². The molecule has 1 aliphatic carbocycles. The molecule has 1 fully saturated rings. The van der Waals surface area contributed by atoms with Crippen LogP contribution in [0.25, 0.3) is 0 Å². The first-order valence-corrected chi connectivity index (χ1v) is 9.65. The van der Waals surface area contributed by atoms with Crippen molar-refractivity contribution in [1.82, 2.24) is 15.3 Å². The van der Waals surface area contributed by atoms with Gasteiger partial charge in [-0.25, -0.2) is 9.97 Å². The molecule has 3 nitrogen and oxygen atoms in total. The number of fused-ring (bicyclic) bond motifs is 1. The fourth-order valence-corrected chi connectivity index (χ4v) is 5.78. The van der Waals surface area contributed by atoms with Gasteiger partial charge in [0, 0.05) is 40.3 Å². The largest absolute Gasteiger partial charge is 0.313 e. The number of rotatable bonds is 2. The van der Waals surface area contributed by atoms with Crippen molar-refractivity contribution in [3.8, 4) is 0 Å². The summed E-state index contributed by atoms with van der Waals surface area (Å²) in [6, 6.07) is 0.437. The fraction of sp³-hybridized carbons (Fsp3) is 0.733. The zero-order valence-corrected chi connectivity index (χ0v) is 13.9. The summed E-state index contributed by atoms with van der Waals surface area (Å²) in [6.07, 6.45) is 6.95. The monoisotopic (exact) mass is 309 g/mol. The Labute approximate surface area is 130 Å². The molecule has 2 heterocycles. The predicted octanol–water partition coefficient (Wildman–Crippen LogP) is 3.37. The van der Waals surface area contributed by atoms with E-state index in [1.807, 2.05) is 18.8 Å². The SMILES string of the molecule is CNC1CCCCc2nc(C3SCCSC3C)ncc21. The van der Waals surface area contributed by atoms with Gasteiger partial charge in [0.15, 0.2) is 0 Å². The number of thioether (sulfide) groups is 2. The third-order valence-electron chi connectivity index (χ3n) is 4.24. The first-order chi connectivity index (χ1) is 9.79. The van der Waals surface area contributed by atoms with Crippen molar-refractivity contribution in [3.63, 3.8) is 0 Å². The molecule has 5 heteroatoms. The fourth-order valence-electron chi connectivity index (χ4n) is 3.08. The Kier molecular flexibility index (Phi) is 4.89. The molecule has 0 bridgehead atoms. The highest BCUT2D eigenvalue weighted by Crippen LogP contribution is 2.41. The van der Waals surface area contributed by atoms with Gasteiger partial charge in [0.2, 0.25) is 0 Å². The topological polar surface area (TPSA) is 37.8 Å². The minimum absolute atomic E-state index is 0.437. The van der Waals surface area contributed by atoms with Gasteiger partial charge >= 0.3 is 0 Å². The van der Waals surface area contributed by atoms with Crippen molar-refractivity contribution >= 4 is 23.5 Å². The van der Waals surface area contributed by atoms with Gasteiger partial charge in [-0.3, -0.25) is 0 Å². The third kappa shape index (κ3) is 3.00. The summed E-state index contributed by atoms with van der Waals surface area (Å²) in [6.45, 7) is 2.31. The molecule has 0 aromatic carbocycles. The molecule has 1 aromatic heterocycles. The molecule has 0 amide bonds. The number of aromatic nitrogens is 2. The Bertz CT molecular complexity index is 466. The second-order valence-electron chi connectivity index (χ2n) is 5.58. The van der Waals surface area contributed by atoms with E-state index >= 15 is 0 Å². The normalized spacial score (nSPS) is 30.6. The molecule has 0 saturated carbocycles. The van der Waals surface area contributed by atoms with E-state index in [1.165, 1.54) is 42.0 Å². The maximum atomic E-state index is 4.96. The Balaban J connectivity index is 1.89. The van der Waals surface area contributed by atoms with Crippen LogP contribution in [0.15, 0.2) is 6.20 Å². The zero-order chi connectivity index (χ0) is 13.9. The smallest absolute Gasteiger partial charge is 0.142 e. The second-order valence-corrected chi connectivity index (χ2v) is 8.32. The summed E-state index contributed by atoms with van der Waals surface area (Å²) in [5.41, 5.74) is 2.62. The minimum atomic E-state index is 0.437. The lowest BCUT2D eigenvalue weighted by molar-refractivity contribution is 0.531. The van der Waals surface area contributed by atoms with E-state index < -0.39 is 0 Å². The molecule has 2 aliphatic rings. The van der Waals surface area contributed by atoms with Crippen molar-refractivity contribution in [2.45, 2.75) is 49.1 Å². The Hall–Kier alpha value is -0.260. The van der Waals surface area contributed by atoms with Crippen LogP contribution in [0.1, 0.15) is 54.6 Å². The Morgan fingerprint density at radius 1 is 1.25 bits per heavy atom. The van der Waals surface area contributed by atoms with Crippen molar-refractivity contribution in [2.24, 2.45) is 0 Å². The van der Waals surface area contributed by atoms with Crippen molar-refractivity contribution in [1.29, 1.82) is 0 Å². The molecule has 3 unspecified atom stereocenters. The van der Waals surface area contributed by atoms with E-state index in [2.05, 4.69) is 30.2 Å². The molecule has 1 aromatic rings. The van der Waals surface area contributed by atoms with Crippen molar-refractivity contribution < 1.29 is 0 Å². The minimum Gasteiger partial charge on any atom is -0.313 e. The van der Waals surface area contributed by atoms with Crippen LogP contribution >= 0.6 is 23.5 Å². The predicted molar refractivity (Wildman–Crippen MR) is 88.5 cm³/mol. The molecule has 1 aliphatic heterocycles. The quantitative estimate of drug-likeness (QED) is 0.848. The van der Waals surface area contributed by atoms with Crippen LogP contribution in [-0.2, 0) is 6.42 Å². The summed E-state index contributed by atoms with van der Waals surface area (Å²) in [5.74, 6) is 3.54. The average molecular weight is 310 g/mol. The molecule has 1 saturated heterocycles. The highest BCUT2D eigenvalue weighted by Gasteiger charge is 2.28. The number of nitrogens with zero attached hydrogens (tertiary/aromatic N) is 2. The van der Waals surface area contributed by atoms with Crippen LogP contribution in [0.3, 0.4) is 0 Å². The summed E-state index contributed by atoms with van der Waals surface area (Å²) < 4.78 is 0. The van der Waals surface area contributed by atoms with E-state index in [0.717, 1.165) is 12.2 Å². The summed E-state index contributed by atoms with van der Waals surface area (Å²) in [7, 11) is 2.05. The second kappa shape index (κ2) is 6.67. The van der Waals surface area contributed by atoms with Gasteiger partial charge in [-0.1, -0.05) is 13.3 Å². The number of hydrogen-bond donors (Lipinski definition) is 1. The van der Waals surface area contributed by atoms with Crippen LogP contribution < -0.4 is 5.32 Å². The highest BCUT2D eigenvalue weighted by molar-refractivity contribution is 8.06. The van der Waals surface area contributed by atoms with Gasteiger partial charge in [0.05, 0.1) is 5.25 Å². The molecular formula is C15H23N3S2. The number of aryl methyl sites for hydroxylation is 1. The first kappa shape index (κ1) is 14.7. The van der Waals surface area contributed by atoms with Crippen LogP contribution in [0.5, 0.6) is 0 Å². The maximum Gasteiger partial charge on any atom is 0.142 e. The third-order valence-corrected chi connectivity index (χ3v) is 7.33. The molecule has 20 heavy (non-hydrogen) atoms. The maximum absolute atomic E-state index is 4.96. The highest BCUT2D eigenvalue weighted by atomic mass is 32.2. The average Bonchev–Trinajstić information content (AvgIpc) is 2.69. The van der Waals surface area contributed by atoms with Crippen molar-refractivity contribution in [2.75, 3.05) is 18.6 Å². The van der Waals surface area contributed by atoms with E-state index in [9.17, 15) is 0 Å². The first-order valence-electron chi connectivity index (χ1n) is 7.55. The lowest BCUT2D eigenvalue weighted by atomic mass is 10.1. The lowest BCUT2D eigenvalue weighted by Crippen LogP contribution is -2.21. The summed E-state index contributed by atoms with van der Waals surface area (Å²) in [5, 5.41) is 4.51. The number of hydrogen-bond acceptors (Lipinski definition) is 5. The van der Waals surface area contributed by atoms with Crippen LogP contribution in [0.4, 0.5) is 0 Å². The summed E-state index contributed by atoms with van der Waals surface area (Å²) in [4.78, 5) is 9.68. The number of nitrogens with one attached hydrogen (secondary N) is 1. The molecule has 0 spiro atoms. The van der Waals surface area contributed by atoms with Crippen LogP contribution in [-0.4, -0.2) is 33.8 Å². The van der Waals surface area contributed by atoms with Gasteiger partial charge in [0.1, 0.15) is 5.82 Å². The summed E-state index contributed by atoms with van der Waals surface area (Å²) >= 11 is 4.08. The van der Waals surface area contributed by atoms with Gasteiger partial charge in [-0.2, -0.15) is 11.8 Å². The molecule has 3 atom stereocenters. The van der Waals surface area contributed by atoms with Gasteiger partial charge in [-0.15, -0.1) is 11.8 Å². The van der Waals surface area contributed by atoms with Gasteiger partial charge in [0.25, 0.3) is 0 Å². The zero-order valence-electron chi connectivity index (χ0n) is 12.3. The molecule has 110 valence electrons. The van der Waals surface area contributed by atoms with Crippen molar-refractivity contribution in [3.05, 3.63) is 23.3 Å². The van der Waals surface area contributed by atoms with E-state index in [-0.39, 0.29) is 0 Å². The molecule has 1 N–H and O–H groups in total. The Morgan fingerprint density at radius 3 is 2.90 bits per heavy atom. The van der Waals surface area contributed by atoms with Crippen LogP contribution in [0.2, 0.25) is 0 Å². The molecule has 0 radical (unpaired) electrons. The standard InChI is InChI=1S/C15H23N3S2/c1-10-14(20-8-7-19-10)15-17-9-11-12(16-2)5-3-4-6-13(11)18-15/h9-10,12,14,16H,3-8H2,1-2H3. The molecular weight excluding hydrogens is 286 g/mol. The lowest BCUT2D eigenvalue weighted by Gasteiger charge is -2.27. The molecule has 3 rings (SSSR count). The van der Waals surface area contributed by atoms with E-state index in [4.69, 9.17) is 9.97 Å².